The fourth-order valence-corrected chi connectivity index (χ4v) is 4.27. The lowest BCUT2D eigenvalue weighted by Crippen LogP contribution is -2.38. The Morgan fingerprint density at radius 2 is 2.20 bits per heavy atom. The van der Waals surface area contributed by atoms with E-state index in [4.69, 9.17) is 4.74 Å². The van der Waals surface area contributed by atoms with Gasteiger partial charge in [0, 0.05) is 12.1 Å². The molecular weight excluding hydrogens is 342 g/mol. The summed E-state index contributed by atoms with van der Waals surface area (Å²) >= 11 is 5.05. The first kappa shape index (κ1) is 15.8. The minimum atomic E-state index is -0.986. The Balaban J connectivity index is 2.14. The van der Waals surface area contributed by atoms with E-state index >= 15 is 0 Å². The van der Waals surface area contributed by atoms with Gasteiger partial charge in [0.1, 0.15) is 11.2 Å². The average molecular weight is 362 g/mol. The van der Waals surface area contributed by atoms with Crippen LogP contribution in [0.5, 0.6) is 0 Å². The van der Waals surface area contributed by atoms with Crippen LogP contribution in [0.2, 0.25) is 0 Å². The van der Waals surface area contributed by atoms with Crippen molar-refractivity contribution in [2.24, 2.45) is 0 Å². The third kappa shape index (κ3) is 3.18. The van der Waals surface area contributed by atoms with Crippen molar-refractivity contribution >= 4 is 33.4 Å². The molecule has 20 heavy (non-hydrogen) atoms. The van der Waals surface area contributed by atoms with E-state index in [1.807, 2.05) is 33.1 Å². The third-order valence-electron chi connectivity index (χ3n) is 3.29. The van der Waals surface area contributed by atoms with Crippen molar-refractivity contribution in [3.8, 4) is 0 Å². The summed E-state index contributed by atoms with van der Waals surface area (Å²) in [7, 11) is 0. The zero-order valence-electron chi connectivity index (χ0n) is 12.2. The molecule has 0 radical (unpaired) electrons. The fraction of sp³-hybridized carbons (Fsp3) is 0.643. The second kappa shape index (κ2) is 5.31. The van der Waals surface area contributed by atoms with E-state index in [2.05, 4.69) is 15.9 Å². The van der Waals surface area contributed by atoms with Crippen LogP contribution in [-0.2, 0) is 10.3 Å². The summed E-state index contributed by atoms with van der Waals surface area (Å²) in [5, 5.41) is 12.9. The predicted octanol–water partition coefficient (Wildman–Crippen LogP) is 3.65. The zero-order chi connectivity index (χ0) is 15.1. The summed E-state index contributed by atoms with van der Waals surface area (Å²) in [5.41, 5.74) is 0.445. The Bertz CT molecular complexity index is 503. The van der Waals surface area contributed by atoms with Crippen LogP contribution in [0, 0.1) is 6.92 Å². The molecular formula is C14H20BrNO3S. The molecule has 1 aliphatic rings. The largest absolute Gasteiger partial charge is 0.444 e. The summed E-state index contributed by atoms with van der Waals surface area (Å²) < 4.78 is 6.29. The van der Waals surface area contributed by atoms with Crippen molar-refractivity contribution in [3.63, 3.8) is 0 Å². The summed E-state index contributed by atoms with van der Waals surface area (Å²) in [6, 6.07) is 0. The van der Waals surface area contributed by atoms with Crippen LogP contribution in [0.15, 0.2) is 9.17 Å². The molecule has 0 spiro atoms. The minimum Gasteiger partial charge on any atom is -0.444 e. The molecule has 1 saturated heterocycles. The average Bonchev–Trinajstić information content (AvgIpc) is 2.81. The quantitative estimate of drug-likeness (QED) is 0.830. The van der Waals surface area contributed by atoms with Gasteiger partial charge in [0.25, 0.3) is 0 Å². The second-order valence-corrected chi connectivity index (χ2v) is 8.45. The molecule has 0 bridgehead atoms. The fourth-order valence-electron chi connectivity index (χ4n) is 2.44. The van der Waals surface area contributed by atoms with E-state index in [0.29, 0.717) is 13.0 Å². The number of aliphatic hydroxyl groups is 1. The minimum absolute atomic E-state index is 0.276. The first-order valence-electron chi connectivity index (χ1n) is 6.57. The second-order valence-electron chi connectivity index (χ2n) is 6.25. The highest BCUT2D eigenvalue weighted by Gasteiger charge is 2.43. The zero-order valence-corrected chi connectivity index (χ0v) is 14.6. The monoisotopic (exact) mass is 361 g/mol. The van der Waals surface area contributed by atoms with Gasteiger partial charge in [0.15, 0.2) is 0 Å². The number of hydrogen-bond donors (Lipinski definition) is 1. The van der Waals surface area contributed by atoms with E-state index in [1.165, 1.54) is 0 Å². The molecule has 1 atom stereocenters. The van der Waals surface area contributed by atoms with Gasteiger partial charge in [-0.2, -0.15) is 0 Å². The van der Waals surface area contributed by atoms with Crippen molar-refractivity contribution in [1.29, 1.82) is 0 Å². The maximum atomic E-state index is 12.1. The van der Waals surface area contributed by atoms with Gasteiger partial charge in [-0.25, -0.2) is 4.79 Å². The standard InChI is InChI=1S/C14H20BrNO3S/c1-9-7-20-11(15)10(9)14(18)5-6-16(8-14)12(17)19-13(2,3)4/h7,18H,5-6,8H2,1-4H3. The van der Waals surface area contributed by atoms with Gasteiger partial charge in [-0.1, -0.05) is 0 Å². The van der Waals surface area contributed by atoms with Crippen molar-refractivity contribution < 1.29 is 14.6 Å². The highest BCUT2D eigenvalue weighted by molar-refractivity contribution is 9.11. The van der Waals surface area contributed by atoms with Crippen LogP contribution in [0.4, 0.5) is 4.79 Å². The summed E-state index contributed by atoms with van der Waals surface area (Å²) in [4.78, 5) is 13.6. The molecule has 0 aliphatic carbocycles. The molecule has 112 valence electrons. The highest BCUT2D eigenvalue weighted by Crippen LogP contribution is 2.41. The van der Waals surface area contributed by atoms with Gasteiger partial charge in [-0.15, -0.1) is 11.3 Å². The Hall–Kier alpha value is -0.590. The van der Waals surface area contributed by atoms with Gasteiger partial charge < -0.3 is 14.7 Å². The molecule has 1 aromatic rings. The number of β-amino-alcohol motifs (C(OH)–C–C–N with tert-alkyl or cyclic N) is 1. The molecule has 4 nitrogen and oxygen atoms in total. The van der Waals surface area contributed by atoms with Crippen LogP contribution in [-0.4, -0.2) is 34.8 Å². The molecule has 1 fully saturated rings. The lowest BCUT2D eigenvalue weighted by molar-refractivity contribution is 0.0137. The summed E-state index contributed by atoms with van der Waals surface area (Å²) in [5.74, 6) is 0. The smallest absolute Gasteiger partial charge is 0.410 e. The first-order chi connectivity index (χ1) is 9.12. The normalized spacial score (nSPS) is 23.2. The number of nitrogens with zero attached hydrogens (tertiary/aromatic N) is 1. The van der Waals surface area contributed by atoms with E-state index in [1.54, 1.807) is 16.2 Å². The number of thiophene rings is 1. The van der Waals surface area contributed by atoms with E-state index in [9.17, 15) is 9.90 Å². The number of aryl methyl sites for hydroxylation is 1. The van der Waals surface area contributed by atoms with Crippen molar-refractivity contribution in [3.05, 3.63) is 20.3 Å². The van der Waals surface area contributed by atoms with Gasteiger partial charge in [0.2, 0.25) is 0 Å². The molecule has 2 rings (SSSR count). The van der Waals surface area contributed by atoms with E-state index in [0.717, 1.165) is 14.9 Å². The van der Waals surface area contributed by atoms with Crippen molar-refractivity contribution in [1.82, 2.24) is 4.90 Å². The van der Waals surface area contributed by atoms with Crippen LogP contribution in [0.25, 0.3) is 0 Å². The Labute approximate surface area is 131 Å². The first-order valence-corrected chi connectivity index (χ1v) is 8.24. The van der Waals surface area contributed by atoms with Gasteiger partial charge in [-0.3, -0.25) is 0 Å². The maximum absolute atomic E-state index is 12.1. The highest BCUT2D eigenvalue weighted by atomic mass is 79.9. The lowest BCUT2D eigenvalue weighted by Gasteiger charge is -2.27. The molecule has 0 saturated carbocycles. The molecule has 2 heterocycles. The van der Waals surface area contributed by atoms with E-state index in [-0.39, 0.29) is 12.6 Å². The number of amides is 1. The number of hydrogen-bond acceptors (Lipinski definition) is 4. The topological polar surface area (TPSA) is 49.8 Å². The molecule has 1 aromatic heterocycles. The molecule has 6 heteroatoms. The number of rotatable bonds is 1. The Kier molecular flexibility index (Phi) is 4.19. The Morgan fingerprint density at radius 3 is 2.70 bits per heavy atom. The van der Waals surface area contributed by atoms with E-state index < -0.39 is 11.2 Å². The van der Waals surface area contributed by atoms with Crippen molar-refractivity contribution in [2.75, 3.05) is 13.1 Å². The van der Waals surface area contributed by atoms with Gasteiger partial charge in [0.05, 0.1) is 10.3 Å². The maximum Gasteiger partial charge on any atom is 0.410 e. The molecule has 1 aliphatic heterocycles. The van der Waals surface area contributed by atoms with Crippen molar-refractivity contribution in [2.45, 2.75) is 45.3 Å². The molecule has 1 amide bonds. The molecule has 0 aromatic carbocycles. The van der Waals surface area contributed by atoms with Gasteiger partial charge >= 0.3 is 6.09 Å². The van der Waals surface area contributed by atoms with Crippen LogP contribution < -0.4 is 0 Å². The van der Waals surface area contributed by atoms with Crippen LogP contribution >= 0.6 is 27.3 Å². The number of ether oxygens (including phenoxy) is 1. The van der Waals surface area contributed by atoms with Gasteiger partial charge in [-0.05, 0) is 61.0 Å². The number of likely N-dealkylation sites (tertiary alicyclic amines) is 1. The Morgan fingerprint density at radius 1 is 1.55 bits per heavy atom. The van der Waals surface area contributed by atoms with Crippen LogP contribution in [0.1, 0.15) is 38.3 Å². The summed E-state index contributed by atoms with van der Waals surface area (Å²) in [6.07, 6.45) is 0.167. The third-order valence-corrected chi connectivity index (χ3v) is 5.13. The number of carbonyl (C=O) groups is 1. The summed E-state index contributed by atoms with van der Waals surface area (Å²) in [6.45, 7) is 8.28. The number of halogens is 1. The van der Waals surface area contributed by atoms with Crippen LogP contribution in [0.3, 0.4) is 0 Å². The molecule has 1 unspecified atom stereocenters. The SMILES string of the molecule is Cc1csc(Br)c1C1(O)CCN(C(=O)OC(C)(C)C)C1. The lowest BCUT2D eigenvalue weighted by atomic mass is 9.93. The predicted molar refractivity (Wildman–Crippen MR) is 83.1 cm³/mol. The molecule has 1 N–H and O–H groups in total. The number of carbonyl (C=O) groups excluding carboxylic acids is 1.